The molecule has 34 heavy (non-hydrogen) atoms. The van der Waals surface area contributed by atoms with Crippen LogP contribution in [0.15, 0.2) is 30.3 Å². The van der Waals surface area contributed by atoms with Gasteiger partial charge in [0.25, 0.3) is 0 Å². The summed E-state index contributed by atoms with van der Waals surface area (Å²) in [7, 11) is 0. The van der Waals surface area contributed by atoms with E-state index in [1.54, 1.807) is 31.2 Å². The molecule has 0 heterocycles. The maximum absolute atomic E-state index is 12.4. The van der Waals surface area contributed by atoms with Crippen molar-refractivity contribution in [3.05, 3.63) is 30.3 Å². The van der Waals surface area contributed by atoms with Gasteiger partial charge < -0.3 is 9.26 Å². The third-order valence-electron chi connectivity index (χ3n) is 5.91. The molecule has 7 heteroatoms. The largest absolute Gasteiger partial charge is 0.465 e. The lowest BCUT2D eigenvalue weighted by molar-refractivity contribution is -0.145. The molecule has 0 radical (unpaired) electrons. The number of carbonyl (C=O) groups is 1. The molecule has 5 nitrogen and oxygen atoms in total. The third kappa shape index (κ3) is 17.4. The summed E-state index contributed by atoms with van der Waals surface area (Å²) in [5.74, 6) is -0.0967. The molecule has 1 N–H and O–H groups in total. The zero-order valence-corrected chi connectivity index (χ0v) is 23.1. The molecule has 1 unspecified atom stereocenters. The lowest BCUT2D eigenvalue weighted by Crippen LogP contribution is -2.33. The van der Waals surface area contributed by atoms with E-state index >= 15 is 0 Å². The number of rotatable bonds is 22. The Kier molecular flexibility index (Phi) is 18.4. The van der Waals surface area contributed by atoms with Crippen molar-refractivity contribution in [2.24, 2.45) is 0 Å². The molecule has 0 saturated carbocycles. The molecule has 0 amide bonds. The van der Waals surface area contributed by atoms with Crippen LogP contribution in [-0.2, 0) is 14.1 Å². The molecule has 0 bridgehead atoms. The summed E-state index contributed by atoms with van der Waals surface area (Å²) >= 11 is 5.93. The number of unbranched alkanes of at least 4 members (excludes halogenated alkanes) is 15. The smallest absolute Gasteiger partial charge is 0.409 e. The van der Waals surface area contributed by atoms with E-state index < -0.39 is 18.9 Å². The average molecular weight is 516 g/mol. The number of hydrogen-bond donors (Lipinski definition) is 1. The lowest BCUT2D eigenvalue weighted by atomic mass is 10.0. The van der Waals surface area contributed by atoms with Crippen molar-refractivity contribution in [3.63, 3.8) is 0 Å². The first-order valence-electron chi connectivity index (χ1n) is 13.4. The van der Waals surface area contributed by atoms with Gasteiger partial charge in [-0.2, -0.15) is 0 Å². The van der Waals surface area contributed by atoms with Crippen LogP contribution in [0.4, 0.5) is 0 Å². The first-order valence-corrected chi connectivity index (χ1v) is 16.0. The Morgan fingerprint density at radius 1 is 0.824 bits per heavy atom. The molecule has 0 fully saturated rings. The van der Waals surface area contributed by atoms with E-state index in [0.29, 0.717) is 12.4 Å². The number of para-hydroxylation sites is 1. The number of nitrogens with one attached hydrogen (secondary N) is 1. The summed E-state index contributed by atoms with van der Waals surface area (Å²) < 4.78 is 22.9. The van der Waals surface area contributed by atoms with Crippen molar-refractivity contribution < 1.29 is 18.6 Å². The number of ether oxygens (including phenoxy) is 1. The second-order valence-corrected chi connectivity index (χ2v) is 11.9. The van der Waals surface area contributed by atoms with Crippen molar-refractivity contribution >= 4 is 24.1 Å². The number of benzene rings is 1. The predicted octanol–water partition coefficient (Wildman–Crippen LogP) is 9.20. The minimum Gasteiger partial charge on any atom is -0.465 e. The van der Waals surface area contributed by atoms with Crippen molar-refractivity contribution in [2.45, 2.75) is 123 Å². The second-order valence-electron chi connectivity index (χ2n) is 9.21. The van der Waals surface area contributed by atoms with Crippen LogP contribution < -0.4 is 9.61 Å². The van der Waals surface area contributed by atoms with E-state index in [0.717, 1.165) is 12.8 Å². The zero-order chi connectivity index (χ0) is 24.9. The summed E-state index contributed by atoms with van der Waals surface area (Å²) in [6.07, 6.45) is 20.9. The van der Waals surface area contributed by atoms with Crippen molar-refractivity contribution in [2.75, 3.05) is 6.61 Å². The van der Waals surface area contributed by atoms with Crippen molar-refractivity contribution in [1.82, 2.24) is 5.09 Å². The maximum atomic E-state index is 12.4. The molecule has 0 aliphatic heterocycles. The summed E-state index contributed by atoms with van der Waals surface area (Å²) in [4.78, 5) is 12.1. The Bertz CT molecular complexity index is 674. The normalized spacial score (nSPS) is 13.9. The Hall–Kier alpha value is -1.03. The molecular weight excluding hydrogens is 469 g/mol. The Balaban J connectivity index is 1.92. The molecule has 0 saturated heterocycles. The minimum absolute atomic E-state index is 0.370. The van der Waals surface area contributed by atoms with Crippen LogP contribution in [0.25, 0.3) is 0 Å². The highest BCUT2D eigenvalue weighted by Crippen LogP contribution is 2.48. The highest BCUT2D eigenvalue weighted by atomic mass is 35.7. The topological polar surface area (TPSA) is 64.6 Å². The lowest BCUT2D eigenvalue weighted by Gasteiger charge is -2.18. The van der Waals surface area contributed by atoms with Gasteiger partial charge in [0.2, 0.25) is 0 Å². The van der Waals surface area contributed by atoms with E-state index in [9.17, 15) is 9.36 Å². The van der Waals surface area contributed by atoms with Crippen LogP contribution in [0.1, 0.15) is 117 Å². The first kappa shape index (κ1) is 31.0. The van der Waals surface area contributed by atoms with E-state index in [2.05, 4.69) is 12.0 Å². The van der Waals surface area contributed by atoms with Gasteiger partial charge >= 0.3 is 12.8 Å². The van der Waals surface area contributed by atoms with Crippen LogP contribution in [0.2, 0.25) is 0 Å². The highest BCUT2D eigenvalue weighted by Gasteiger charge is 2.28. The van der Waals surface area contributed by atoms with Crippen molar-refractivity contribution in [3.8, 4) is 5.75 Å². The third-order valence-corrected chi connectivity index (χ3v) is 7.55. The molecular formula is C27H47ClNO4P. The Morgan fingerprint density at radius 2 is 1.26 bits per heavy atom. The van der Waals surface area contributed by atoms with Crippen LogP contribution >= 0.6 is 18.1 Å². The molecule has 1 aromatic carbocycles. The fourth-order valence-corrected chi connectivity index (χ4v) is 5.57. The summed E-state index contributed by atoms with van der Waals surface area (Å²) in [5.41, 5.74) is 0. The van der Waals surface area contributed by atoms with Crippen LogP contribution in [0.3, 0.4) is 0 Å². The van der Waals surface area contributed by atoms with Gasteiger partial charge in [0, 0.05) is 11.2 Å². The second kappa shape index (κ2) is 20.2. The van der Waals surface area contributed by atoms with Gasteiger partial charge in [-0.1, -0.05) is 121 Å². The average Bonchev–Trinajstić information content (AvgIpc) is 2.81. The van der Waals surface area contributed by atoms with Crippen LogP contribution in [0.5, 0.6) is 5.75 Å². The quantitative estimate of drug-likeness (QED) is 0.0946. The summed E-state index contributed by atoms with van der Waals surface area (Å²) in [5, 5.41) is 2.54. The van der Waals surface area contributed by atoms with E-state index in [-0.39, 0.29) is 0 Å². The highest BCUT2D eigenvalue weighted by molar-refractivity contribution is 7.84. The SMILES string of the molecule is CCCCCCCCCCCCCCCCCCOC(=O)[C@H](C)NP(=O)(Cl)Oc1ccccc1. The first-order chi connectivity index (χ1) is 16.4. The van der Waals surface area contributed by atoms with E-state index in [1.807, 2.05) is 6.07 Å². The maximum Gasteiger partial charge on any atom is 0.409 e. The van der Waals surface area contributed by atoms with Gasteiger partial charge in [0.1, 0.15) is 11.8 Å². The van der Waals surface area contributed by atoms with Gasteiger partial charge in [-0.15, -0.1) is 0 Å². The molecule has 0 aliphatic rings. The number of esters is 1. The molecule has 0 spiro atoms. The number of halogens is 1. The van der Waals surface area contributed by atoms with Crippen LogP contribution in [-0.4, -0.2) is 18.6 Å². The van der Waals surface area contributed by atoms with Gasteiger partial charge in [0.05, 0.1) is 6.61 Å². The summed E-state index contributed by atoms with van der Waals surface area (Å²) in [6.45, 7) is 0.528. The zero-order valence-electron chi connectivity index (χ0n) is 21.4. The van der Waals surface area contributed by atoms with E-state index in [4.69, 9.17) is 20.5 Å². The molecule has 196 valence electrons. The van der Waals surface area contributed by atoms with E-state index in [1.165, 1.54) is 89.9 Å². The van der Waals surface area contributed by atoms with Gasteiger partial charge in [0.15, 0.2) is 0 Å². The number of carbonyl (C=O) groups excluding carboxylic acids is 1. The molecule has 1 aromatic rings. The minimum atomic E-state index is -3.68. The fraction of sp³-hybridized carbons (Fsp3) is 0.741. The number of hydrogen-bond acceptors (Lipinski definition) is 4. The predicted molar refractivity (Wildman–Crippen MR) is 144 cm³/mol. The molecule has 0 aliphatic carbocycles. The van der Waals surface area contributed by atoms with Gasteiger partial charge in [-0.05, 0) is 25.5 Å². The van der Waals surface area contributed by atoms with Crippen molar-refractivity contribution in [1.29, 1.82) is 0 Å². The summed E-state index contributed by atoms with van der Waals surface area (Å²) in [6, 6.07) is 7.81. The fourth-order valence-electron chi connectivity index (χ4n) is 3.88. The monoisotopic (exact) mass is 515 g/mol. The van der Waals surface area contributed by atoms with Gasteiger partial charge in [-0.3, -0.25) is 4.79 Å². The standard InChI is InChI=1S/C27H47ClNO4P/c1-3-4-5-6-7-8-9-10-11-12-13-14-15-16-17-21-24-32-27(30)25(2)29-34(28,31)33-26-22-19-18-20-23-26/h18-20,22-23,25H,3-17,21,24H2,1-2H3,(H,29,31)/t25-,34?/m0/s1. The molecule has 0 aromatic heterocycles. The molecule has 1 rings (SSSR count). The Labute approximate surface area is 213 Å². The molecule has 2 atom stereocenters. The van der Waals surface area contributed by atoms with Crippen LogP contribution in [0, 0.1) is 0 Å². The Morgan fingerprint density at radius 3 is 1.74 bits per heavy atom. The van der Waals surface area contributed by atoms with Gasteiger partial charge in [-0.25, -0.2) is 9.65 Å².